The van der Waals surface area contributed by atoms with Crippen molar-refractivity contribution in [3.8, 4) is 0 Å². The van der Waals surface area contributed by atoms with Crippen LogP contribution < -0.4 is 4.90 Å². The van der Waals surface area contributed by atoms with Gasteiger partial charge in [0.05, 0.1) is 5.56 Å². The molecule has 1 N–H and O–H groups in total. The number of nitrogens with zero attached hydrogens (tertiary/aromatic N) is 2. The Labute approximate surface area is 179 Å². The number of anilines is 1. The number of likely N-dealkylation sites (tertiary alicyclic amines) is 1. The van der Waals surface area contributed by atoms with Crippen molar-refractivity contribution in [1.82, 2.24) is 4.90 Å². The third-order valence-corrected chi connectivity index (χ3v) is 6.61. The summed E-state index contributed by atoms with van der Waals surface area (Å²) < 4.78 is 14.6. The third kappa shape index (κ3) is 4.36. The van der Waals surface area contributed by atoms with Crippen molar-refractivity contribution in [3.63, 3.8) is 0 Å². The van der Waals surface area contributed by atoms with Gasteiger partial charge in [-0.3, -0.25) is 4.90 Å². The zero-order chi connectivity index (χ0) is 22.0. The van der Waals surface area contributed by atoms with Crippen molar-refractivity contribution >= 4 is 11.7 Å². The van der Waals surface area contributed by atoms with Gasteiger partial charge in [0.25, 0.3) is 0 Å². The first kappa shape index (κ1) is 22.3. The molecule has 0 saturated carbocycles. The van der Waals surface area contributed by atoms with Crippen molar-refractivity contribution in [2.45, 2.75) is 72.1 Å². The molecule has 2 aromatic rings. The maximum absolute atomic E-state index is 14.6. The van der Waals surface area contributed by atoms with Crippen molar-refractivity contribution in [2.24, 2.45) is 0 Å². The molecule has 1 unspecified atom stereocenters. The topological polar surface area (TPSA) is 43.8 Å². The minimum atomic E-state index is -1.08. The molecule has 30 heavy (non-hydrogen) atoms. The Morgan fingerprint density at radius 2 is 1.73 bits per heavy atom. The summed E-state index contributed by atoms with van der Waals surface area (Å²) in [6.07, 6.45) is 1.92. The van der Waals surface area contributed by atoms with Crippen LogP contribution in [0.25, 0.3) is 0 Å². The SMILES string of the molecule is CCN(c1c(C)c(F)cc(C(=O)O)c1C)C1C[C@@H](C)N(Cc2ccccc2)[C@@H](C)C1. The Bertz CT molecular complexity index is 888. The van der Waals surface area contributed by atoms with Gasteiger partial charge in [-0.1, -0.05) is 30.3 Å². The van der Waals surface area contributed by atoms with E-state index in [1.54, 1.807) is 13.8 Å². The van der Waals surface area contributed by atoms with E-state index in [1.165, 1.54) is 5.56 Å². The van der Waals surface area contributed by atoms with E-state index in [1.807, 2.05) is 6.07 Å². The van der Waals surface area contributed by atoms with E-state index < -0.39 is 11.8 Å². The van der Waals surface area contributed by atoms with Gasteiger partial charge < -0.3 is 10.0 Å². The lowest BCUT2D eigenvalue weighted by atomic mass is 9.89. The molecule has 3 atom stereocenters. The summed E-state index contributed by atoms with van der Waals surface area (Å²) in [6, 6.07) is 12.7. The fourth-order valence-electron chi connectivity index (χ4n) is 5.07. The van der Waals surface area contributed by atoms with Crippen LogP contribution >= 0.6 is 0 Å². The van der Waals surface area contributed by atoms with Gasteiger partial charge in [-0.15, -0.1) is 0 Å². The summed E-state index contributed by atoms with van der Waals surface area (Å²) in [5, 5.41) is 9.54. The molecule has 3 rings (SSSR count). The van der Waals surface area contributed by atoms with E-state index in [4.69, 9.17) is 0 Å². The van der Waals surface area contributed by atoms with Gasteiger partial charge in [0.2, 0.25) is 0 Å². The molecule has 0 radical (unpaired) electrons. The number of carboxylic acids is 1. The standard InChI is InChI=1S/C25H33FN2O2/c1-6-27(24-18(4)22(25(29)30)14-23(26)19(24)5)21-12-16(2)28(17(3)13-21)15-20-10-8-7-9-11-20/h7-11,14,16-17,21H,6,12-13,15H2,1-5H3,(H,29,30)/t16-,17+,21?. The molecule has 2 aromatic carbocycles. The van der Waals surface area contributed by atoms with Crippen molar-refractivity contribution < 1.29 is 14.3 Å². The van der Waals surface area contributed by atoms with Gasteiger partial charge in [-0.2, -0.15) is 0 Å². The first-order chi connectivity index (χ1) is 14.2. The smallest absolute Gasteiger partial charge is 0.336 e. The van der Waals surface area contributed by atoms with Gasteiger partial charge in [-0.25, -0.2) is 9.18 Å². The zero-order valence-corrected chi connectivity index (χ0v) is 18.7. The molecule has 0 spiro atoms. The lowest BCUT2D eigenvalue weighted by Gasteiger charge is -2.47. The van der Waals surface area contributed by atoms with Crippen molar-refractivity contribution in [2.75, 3.05) is 11.4 Å². The quantitative estimate of drug-likeness (QED) is 0.689. The number of rotatable bonds is 6. The first-order valence-electron chi connectivity index (χ1n) is 10.8. The normalized spacial score (nSPS) is 22.1. The Morgan fingerprint density at radius 1 is 1.13 bits per heavy atom. The Balaban J connectivity index is 1.88. The summed E-state index contributed by atoms with van der Waals surface area (Å²) in [4.78, 5) is 16.4. The highest BCUT2D eigenvalue weighted by Crippen LogP contribution is 2.36. The van der Waals surface area contributed by atoms with Crippen LogP contribution in [0.15, 0.2) is 36.4 Å². The highest BCUT2D eigenvalue weighted by molar-refractivity contribution is 5.92. The number of aromatic carboxylic acids is 1. The first-order valence-corrected chi connectivity index (χ1v) is 10.8. The minimum Gasteiger partial charge on any atom is -0.478 e. The van der Waals surface area contributed by atoms with Crippen molar-refractivity contribution in [3.05, 3.63) is 64.5 Å². The number of carboxylic acid groups (broad SMARTS) is 1. The molecule has 1 heterocycles. The molecule has 1 aliphatic heterocycles. The molecule has 4 nitrogen and oxygen atoms in total. The lowest BCUT2D eigenvalue weighted by molar-refractivity contribution is 0.0695. The second kappa shape index (κ2) is 9.17. The number of halogens is 1. The lowest BCUT2D eigenvalue weighted by Crippen LogP contribution is -2.53. The summed E-state index contributed by atoms with van der Waals surface area (Å²) in [5.74, 6) is -1.53. The molecule has 1 saturated heterocycles. The molecule has 1 aliphatic rings. The Hall–Kier alpha value is -2.40. The van der Waals surface area contributed by atoms with E-state index in [9.17, 15) is 14.3 Å². The summed E-state index contributed by atoms with van der Waals surface area (Å²) in [7, 11) is 0. The number of piperidine rings is 1. The fourth-order valence-corrected chi connectivity index (χ4v) is 5.07. The second-order valence-electron chi connectivity index (χ2n) is 8.58. The average molecular weight is 413 g/mol. The van der Waals surface area contributed by atoms with Gasteiger partial charge in [0.1, 0.15) is 5.82 Å². The average Bonchev–Trinajstić information content (AvgIpc) is 2.71. The number of benzene rings is 2. The molecule has 0 aromatic heterocycles. The molecule has 0 amide bonds. The molecular formula is C25H33FN2O2. The van der Waals surface area contributed by atoms with E-state index >= 15 is 0 Å². The van der Waals surface area contributed by atoms with Crippen LogP contribution in [0.5, 0.6) is 0 Å². The number of hydrogen-bond donors (Lipinski definition) is 1. The monoisotopic (exact) mass is 412 g/mol. The van der Waals surface area contributed by atoms with Gasteiger partial charge in [0, 0.05) is 42.5 Å². The summed E-state index contributed by atoms with van der Waals surface area (Å²) in [5.41, 5.74) is 3.29. The summed E-state index contributed by atoms with van der Waals surface area (Å²) >= 11 is 0. The molecule has 5 heteroatoms. The second-order valence-corrected chi connectivity index (χ2v) is 8.58. The number of carbonyl (C=O) groups is 1. The van der Waals surface area contributed by atoms with Crippen LogP contribution in [0.1, 0.15) is 60.7 Å². The van der Waals surface area contributed by atoms with E-state index in [0.29, 0.717) is 29.8 Å². The Morgan fingerprint density at radius 3 is 2.27 bits per heavy atom. The largest absolute Gasteiger partial charge is 0.478 e. The van der Waals surface area contributed by atoms with E-state index in [0.717, 1.165) is 31.1 Å². The van der Waals surface area contributed by atoms with Crippen LogP contribution in [0.3, 0.4) is 0 Å². The van der Waals surface area contributed by atoms with Crippen LogP contribution in [0, 0.1) is 19.7 Å². The fraction of sp³-hybridized carbons (Fsp3) is 0.480. The number of hydrogen-bond acceptors (Lipinski definition) is 3. The molecule has 1 fully saturated rings. The molecule has 0 bridgehead atoms. The highest BCUT2D eigenvalue weighted by Gasteiger charge is 2.35. The van der Waals surface area contributed by atoms with Gasteiger partial charge in [0.15, 0.2) is 0 Å². The predicted molar refractivity (Wildman–Crippen MR) is 120 cm³/mol. The third-order valence-electron chi connectivity index (χ3n) is 6.61. The zero-order valence-electron chi connectivity index (χ0n) is 18.7. The van der Waals surface area contributed by atoms with Gasteiger partial charge in [-0.05, 0) is 64.7 Å². The Kier molecular flexibility index (Phi) is 6.81. The van der Waals surface area contributed by atoms with Crippen LogP contribution in [-0.2, 0) is 6.54 Å². The van der Waals surface area contributed by atoms with Gasteiger partial charge >= 0.3 is 5.97 Å². The van der Waals surface area contributed by atoms with Crippen LogP contribution in [0.2, 0.25) is 0 Å². The highest BCUT2D eigenvalue weighted by atomic mass is 19.1. The van der Waals surface area contributed by atoms with Crippen molar-refractivity contribution in [1.29, 1.82) is 0 Å². The summed E-state index contributed by atoms with van der Waals surface area (Å²) in [6.45, 7) is 11.8. The molecular weight excluding hydrogens is 379 g/mol. The van der Waals surface area contributed by atoms with Crippen LogP contribution in [-0.4, -0.2) is 40.6 Å². The predicted octanol–water partition coefficient (Wildman–Crippen LogP) is 5.41. The molecule has 162 valence electrons. The van der Waals surface area contributed by atoms with Crippen LogP contribution in [0.4, 0.5) is 10.1 Å². The maximum Gasteiger partial charge on any atom is 0.336 e. The minimum absolute atomic E-state index is 0.0501. The van der Waals surface area contributed by atoms with E-state index in [2.05, 4.69) is 54.8 Å². The van der Waals surface area contributed by atoms with E-state index in [-0.39, 0.29) is 11.6 Å². The maximum atomic E-state index is 14.6. The molecule has 0 aliphatic carbocycles.